The number of aliphatic hydroxyl groups excluding tert-OH is 1. The minimum absolute atomic E-state index is 0.0125. The first-order valence-corrected chi connectivity index (χ1v) is 17.6. The molecule has 0 aliphatic carbocycles. The van der Waals surface area contributed by atoms with Gasteiger partial charge in [0.15, 0.2) is 5.82 Å². The van der Waals surface area contributed by atoms with Crippen LogP contribution in [0.5, 0.6) is 0 Å². The fraction of sp³-hybridized carbons (Fsp3) is 0.289. The Morgan fingerprint density at radius 3 is 2.37 bits per heavy atom. The zero-order valence-corrected chi connectivity index (χ0v) is 30.1. The van der Waals surface area contributed by atoms with Crippen molar-refractivity contribution in [3.05, 3.63) is 110 Å². The van der Waals surface area contributed by atoms with Crippen LogP contribution < -0.4 is 16.2 Å². The summed E-state index contributed by atoms with van der Waals surface area (Å²) in [4.78, 5) is 51.8. The van der Waals surface area contributed by atoms with Crippen LogP contribution in [0.2, 0.25) is 10.0 Å². The second kappa shape index (κ2) is 15.0. The van der Waals surface area contributed by atoms with Crippen molar-refractivity contribution in [1.29, 1.82) is 0 Å². The van der Waals surface area contributed by atoms with Crippen molar-refractivity contribution >= 4 is 63.2 Å². The van der Waals surface area contributed by atoms with Gasteiger partial charge < -0.3 is 25.0 Å². The number of carbonyl (C=O) groups is 2. The molecule has 0 saturated carbocycles. The number of hydrogen-bond donors (Lipinski definition) is 3. The Bertz CT molecular complexity index is 2240. The van der Waals surface area contributed by atoms with E-state index in [1.54, 1.807) is 43.7 Å². The van der Waals surface area contributed by atoms with Crippen molar-refractivity contribution in [3.8, 4) is 11.1 Å². The van der Waals surface area contributed by atoms with Crippen molar-refractivity contribution in [2.75, 3.05) is 43.9 Å². The molecule has 0 bridgehead atoms. The van der Waals surface area contributed by atoms with Gasteiger partial charge in [-0.15, -0.1) is 0 Å². The molecule has 5 heterocycles. The highest BCUT2D eigenvalue weighted by Gasteiger charge is 2.33. The Kier molecular flexibility index (Phi) is 10.3. The highest BCUT2D eigenvalue weighted by atomic mass is 35.5. The number of halogens is 2. The number of β-amino-alcohol motifs (C(OH)–C–C–N with tert-alkyl or cyclic N) is 1. The molecular weight excluding hydrogens is 705 g/mol. The third kappa shape index (κ3) is 7.39. The Hall–Kier alpha value is -4.85. The Labute approximate surface area is 310 Å². The Balaban J connectivity index is 1.09. The molecule has 2 fully saturated rings. The smallest absolute Gasteiger partial charge is 0.311 e. The third-order valence-corrected chi connectivity index (χ3v) is 10.3. The maximum absolute atomic E-state index is 13.5. The number of carbonyl (C=O) groups excluding carboxylic acids is 2. The molecule has 14 heteroatoms. The number of aliphatic hydroxyl groups is 1. The Morgan fingerprint density at radius 2 is 1.65 bits per heavy atom. The van der Waals surface area contributed by atoms with E-state index in [1.165, 1.54) is 11.7 Å². The molecule has 3 N–H and O–H groups in total. The summed E-state index contributed by atoms with van der Waals surface area (Å²) in [5, 5.41) is 17.6. The predicted octanol–water partition coefficient (Wildman–Crippen LogP) is 5.47. The van der Waals surface area contributed by atoms with E-state index < -0.39 is 11.5 Å². The number of aryl methyl sites for hydroxylation is 1. The van der Waals surface area contributed by atoms with Crippen LogP contribution in [-0.4, -0.2) is 80.7 Å². The highest BCUT2D eigenvalue weighted by molar-refractivity contribution is 6.39. The largest absolute Gasteiger partial charge is 0.469 e. The summed E-state index contributed by atoms with van der Waals surface area (Å²) in [7, 11) is 3.02. The van der Waals surface area contributed by atoms with Gasteiger partial charge in [0, 0.05) is 81.4 Å². The van der Waals surface area contributed by atoms with Crippen LogP contribution >= 0.6 is 23.2 Å². The topological polar surface area (TPSA) is 142 Å². The number of anilines is 3. The minimum atomic E-state index is -0.586. The van der Waals surface area contributed by atoms with E-state index in [4.69, 9.17) is 32.9 Å². The van der Waals surface area contributed by atoms with Crippen LogP contribution in [0, 0.1) is 5.92 Å². The average molecular weight is 743 g/mol. The number of benzene rings is 2. The van der Waals surface area contributed by atoms with Gasteiger partial charge >= 0.3 is 5.97 Å². The van der Waals surface area contributed by atoms with E-state index in [2.05, 4.69) is 31.5 Å². The maximum atomic E-state index is 13.5. The average Bonchev–Trinajstić information content (AvgIpc) is 3.53. The van der Waals surface area contributed by atoms with Crippen molar-refractivity contribution in [1.82, 2.24) is 24.3 Å². The van der Waals surface area contributed by atoms with Crippen LogP contribution in [0.15, 0.2) is 78.0 Å². The molecule has 2 aliphatic rings. The maximum Gasteiger partial charge on any atom is 0.311 e. The molecule has 2 saturated heterocycles. The summed E-state index contributed by atoms with van der Waals surface area (Å²) < 4.78 is 6.23. The number of methoxy groups -OCH3 is 1. The number of pyridine rings is 3. The molecule has 3 aromatic heterocycles. The molecule has 0 radical (unpaired) electrons. The van der Waals surface area contributed by atoms with Crippen molar-refractivity contribution in [3.63, 3.8) is 0 Å². The first-order chi connectivity index (χ1) is 25.1. The number of aromatic nitrogens is 3. The molecule has 1 amide bonds. The summed E-state index contributed by atoms with van der Waals surface area (Å²) in [5.41, 5.74) is 4.13. The number of amides is 1. The zero-order valence-electron chi connectivity index (χ0n) is 28.6. The Morgan fingerprint density at radius 1 is 0.942 bits per heavy atom. The zero-order chi connectivity index (χ0) is 36.5. The van der Waals surface area contributed by atoms with Gasteiger partial charge in [-0.2, -0.15) is 0 Å². The molecule has 268 valence electrons. The molecule has 52 heavy (non-hydrogen) atoms. The van der Waals surface area contributed by atoms with Gasteiger partial charge in [0.2, 0.25) is 0 Å². The molecular formula is C38H37Cl2N7O5. The van der Waals surface area contributed by atoms with Gasteiger partial charge in [0.05, 0.1) is 40.6 Å². The van der Waals surface area contributed by atoms with Crippen LogP contribution in [0.25, 0.3) is 22.0 Å². The summed E-state index contributed by atoms with van der Waals surface area (Å²) in [6.45, 7) is 3.77. The fourth-order valence-electron chi connectivity index (χ4n) is 6.79. The van der Waals surface area contributed by atoms with E-state index in [0.717, 1.165) is 23.1 Å². The van der Waals surface area contributed by atoms with E-state index >= 15 is 0 Å². The lowest BCUT2D eigenvalue weighted by Crippen LogP contribution is -2.49. The first-order valence-electron chi connectivity index (χ1n) is 16.9. The lowest BCUT2D eigenvalue weighted by Gasteiger charge is -2.37. The van der Waals surface area contributed by atoms with E-state index in [-0.39, 0.29) is 28.6 Å². The number of nitrogens with zero attached hydrogens (tertiary/aromatic N) is 5. The van der Waals surface area contributed by atoms with Crippen LogP contribution in [0.4, 0.5) is 17.2 Å². The number of ether oxygens (including phenoxy) is 1. The number of likely N-dealkylation sites (tertiary alicyclic amines) is 2. The number of fused-ring (bicyclic) bond motifs is 1. The fourth-order valence-corrected chi connectivity index (χ4v) is 7.34. The highest BCUT2D eigenvalue weighted by Crippen LogP contribution is 2.41. The standard InChI is InChI=1S/C38H37Cl2N7O5/c1-45-16-23(18-46-12-10-26(48)21-46)14-29(37(45)50)36(49)44-31-8-4-6-28(33(31)40)27-5-3-7-30(32(27)39)43-35-34-24(9-11-41-35)13-22(15-42-34)17-47-19-25(20-47)38(51)52-2/h3-9,11,13-16,25-26,48H,10,12,17-21H2,1-2H3,(H,41,43)(H,44,49)/t26-/m1/s1. The lowest BCUT2D eigenvalue weighted by atomic mass is 9.99. The van der Waals surface area contributed by atoms with Crippen LogP contribution in [-0.2, 0) is 29.7 Å². The number of rotatable bonds is 10. The third-order valence-electron chi connectivity index (χ3n) is 9.48. The molecule has 1 atom stereocenters. The molecule has 2 aliphatic heterocycles. The molecule has 2 aromatic carbocycles. The molecule has 7 rings (SSSR count). The summed E-state index contributed by atoms with van der Waals surface area (Å²) in [5.74, 6) is -0.330. The van der Waals surface area contributed by atoms with Gasteiger partial charge in [-0.1, -0.05) is 47.5 Å². The summed E-state index contributed by atoms with van der Waals surface area (Å²) >= 11 is 13.9. The SMILES string of the molecule is COC(=O)C1CN(Cc2cnc3c(Nc4cccc(-c5cccc(NC(=O)c6cc(CN7CC[C@@H](O)C7)cn(C)c6=O)c5Cl)c4Cl)nccc3c2)C1. The normalized spacial score (nSPS) is 16.5. The summed E-state index contributed by atoms with van der Waals surface area (Å²) in [6, 6.07) is 16.3. The van der Waals surface area contributed by atoms with E-state index in [1.807, 2.05) is 30.5 Å². The van der Waals surface area contributed by atoms with Crippen molar-refractivity contribution in [2.45, 2.75) is 25.6 Å². The van der Waals surface area contributed by atoms with Gasteiger partial charge in [0.1, 0.15) is 11.1 Å². The minimum Gasteiger partial charge on any atom is -0.469 e. The summed E-state index contributed by atoms with van der Waals surface area (Å²) in [6.07, 6.45) is 5.54. The van der Waals surface area contributed by atoms with Crippen molar-refractivity contribution in [2.24, 2.45) is 13.0 Å². The quantitative estimate of drug-likeness (QED) is 0.158. The second-order valence-corrected chi connectivity index (χ2v) is 14.0. The lowest BCUT2D eigenvalue weighted by molar-refractivity contribution is -0.151. The number of hydrogen-bond acceptors (Lipinski definition) is 10. The monoisotopic (exact) mass is 741 g/mol. The van der Waals surface area contributed by atoms with Gasteiger partial charge in [-0.3, -0.25) is 29.2 Å². The van der Waals surface area contributed by atoms with Crippen molar-refractivity contribution < 1.29 is 19.4 Å². The van der Waals surface area contributed by atoms with Crippen LogP contribution in [0.3, 0.4) is 0 Å². The molecule has 5 aromatic rings. The van der Waals surface area contributed by atoms with Gasteiger partial charge in [-0.25, -0.2) is 4.98 Å². The van der Waals surface area contributed by atoms with Crippen LogP contribution in [0.1, 0.15) is 27.9 Å². The molecule has 0 unspecified atom stereocenters. The van der Waals surface area contributed by atoms with E-state index in [9.17, 15) is 19.5 Å². The van der Waals surface area contributed by atoms with Gasteiger partial charge in [-0.05, 0) is 47.9 Å². The molecule has 0 spiro atoms. The first kappa shape index (κ1) is 35.5. The second-order valence-electron chi connectivity index (χ2n) is 13.3. The van der Waals surface area contributed by atoms with Gasteiger partial charge in [0.25, 0.3) is 11.5 Å². The number of nitrogens with one attached hydrogen (secondary N) is 2. The number of esters is 1. The predicted molar refractivity (Wildman–Crippen MR) is 201 cm³/mol. The molecule has 12 nitrogen and oxygen atoms in total. The van der Waals surface area contributed by atoms with E-state index in [0.29, 0.717) is 78.0 Å².